The molecule has 1 aromatic rings. The minimum atomic E-state index is -0.0268. The van der Waals surface area contributed by atoms with Crippen molar-refractivity contribution in [3.8, 4) is 0 Å². The van der Waals surface area contributed by atoms with Gasteiger partial charge in [-0.1, -0.05) is 19.8 Å². The Bertz CT molecular complexity index is 433. The van der Waals surface area contributed by atoms with E-state index >= 15 is 0 Å². The molecule has 2 N–H and O–H groups in total. The number of rotatable bonds is 2. The van der Waals surface area contributed by atoms with Crippen LogP contribution in [0.3, 0.4) is 0 Å². The van der Waals surface area contributed by atoms with Crippen LogP contribution in [0.25, 0.3) is 0 Å². The lowest BCUT2D eigenvalue weighted by molar-refractivity contribution is 0.0623. The molecule has 2 rings (SSSR count). The van der Waals surface area contributed by atoms with E-state index in [9.17, 15) is 4.79 Å². The molecule has 1 saturated carbocycles. The Kier molecular flexibility index (Phi) is 3.84. The van der Waals surface area contributed by atoms with E-state index in [4.69, 9.17) is 5.73 Å². The zero-order valence-electron chi connectivity index (χ0n) is 11.1. The van der Waals surface area contributed by atoms with Crippen molar-refractivity contribution in [1.29, 1.82) is 0 Å². The average Bonchev–Trinajstić information content (AvgIpc) is 2.37. The van der Waals surface area contributed by atoms with Gasteiger partial charge < -0.3 is 10.6 Å². The molecule has 1 fully saturated rings. The van der Waals surface area contributed by atoms with E-state index in [0.29, 0.717) is 23.3 Å². The summed E-state index contributed by atoms with van der Waals surface area (Å²) in [5.41, 5.74) is 6.71. The fraction of sp³-hybridized carbons (Fsp3) is 0.571. The van der Waals surface area contributed by atoms with Gasteiger partial charge >= 0.3 is 0 Å². The number of amides is 1. The summed E-state index contributed by atoms with van der Waals surface area (Å²) in [5, 5.41) is 0. The molecule has 1 aromatic heterocycles. The second-order valence-corrected chi connectivity index (χ2v) is 5.22. The zero-order chi connectivity index (χ0) is 13.1. The highest BCUT2D eigenvalue weighted by molar-refractivity contribution is 5.93. The molecule has 0 bridgehead atoms. The van der Waals surface area contributed by atoms with Crippen molar-refractivity contribution in [1.82, 2.24) is 9.88 Å². The number of hydrogen-bond donors (Lipinski definition) is 1. The third-order valence-corrected chi connectivity index (χ3v) is 3.89. The van der Waals surface area contributed by atoms with Crippen LogP contribution in [0, 0.1) is 5.92 Å². The molecule has 0 radical (unpaired) electrons. The SMILES string of the molecule is CC1CCCCC1N(C)C(=O)c1cc(N)ccn1. The topological polar surface area (TPSA) is 59.2 Å². The fourth-order valence-electron chi connectivity index (χ4n) is 2.77. The summed E-state index contributed by atoms with van der Waals surface area (Å²) in [6.45, 7) is 2.22. The highest BCUT2D eigenvalue weighted by Gasteiger charge is 2.28. The van der Waals surface area contributed by atoms with Gasteiger partial charge in [0, 0.05) is 25.0 Å². The number of nitrogen functional groups attached to an aromatic ring is 1. The van der Waals surface area contributed by atoms with Crippen molar-refractivity contribution in [2.45, 2.75) is 38.6 Å². The second kappa shape index (κ2) is 5.38. The van der Waals surface area contributed by atoms with Crippen LogP contribution in [-0.4, -0.2) is 28.9 Å². The number of hydrogen-bond acceptors (Lipinski definition) is 3. The standard InChI is InChI=1S/C14H21N3O/c1-10-5-3-4-6-13(10)17(2)14(18)12-9-11(15)7-8-16-12/h7-10,13H,3-6H2,1-2H3,(H2,15,16). The molecule has 98 valence electrons. The van der Waals surface area contributed by atoms with Gasteiger partial charge in [0.05, 0.1) is 0 Å². The van der Waals surface area contributed by atoms with E-state index in [-0.39, 0.29) is 5.91 Å². The number of carbonyl (C=O) groups is 1. The van der Waals surface area contributed by atoms with E-state index in [2.05, 4.69) is 11.9 Å². The first-order valence-corrected chi connectivity index (χ1v) is 6.58. The number of aromatic nitrogens is 1. The van der Waals surface area contributed by atoms with E-state index in [1.807, 2.05) is 11.9 Å². The second-order valence-electron chi connectivity index (χ2n) is 5.22. The predicted molar refractivity (Wildman–Crippen MR) is 72.2 cm³/mol. The summed E-state index contributed by atoms with van der Waals surface area (Å²) in [5.74, 6) is 0.537. The van der Waals surface area contributed by atoms with Crippen molar-refractivity contribution in [3.05, 3.63) is 24.0 Å². The van der Waals surface area contributed by atoms with E-state index in [1.165, 1.54) is 19.3 Å². The quantitative estimate of drug-likeness (QED) is 0.872. The van der Waals surface area contributed by atoms with Crippen molar-refractivity contribution in [2.75, 3.05) is 12.8 Å². The Balaban J connectivity index is 2.13. The lowest BCUT2D eigenvalue weighted by atomic mass is 9.85. The van der Waals surface area contributed by atoms with E-state index < -0.39 is 0 Å². The van der Waals surface area contributed by atoms with Gasteiger partial charge in [0.15, 0.2) is 0 Å². The Morgan fingerprint density at radius 3 is 2.83 bits per heavy atom. The summed E-state index contributed by atoms with van der Waals surface area (Å²) in [4.78, 5) is 18.3. The van der Waals surface area contributed by atoms with E-state index in [0.717, 1.165) is 6.42 Å². The minimum Gasteiger partial charge on any atom is -0.399 e. The van der Waals surface area contributed by atoms with Gasteiger partial charge in [0.2, 0.25) is 0 Å². The van der Waals surface area contributed by atoms with Gasteiger partial charge in [-0.05, 0) is 30.9 Å². The van der Waals surface area contributed by atoms with Crippen LogP contribution in [0.15, 0.2) is 18.3 Å². The summed E-state index contributed by atoms with van der Waals surface area (Å²) in [6.07, 6.45) is 6.35. The maximum absolute atomic E-state index is 12.3. The number of pyridine rings is 1. The molecule has 1 amide bonds. The normalized spacial score (nSPS) is 23.7. The Morgan fingerprint density at radius 2 is 2.17 bits per heavy atom. The summed E-state index contributed by atoms with van der Waals surface area (Å²) in [7, 11) is 1.87. The molecule has 0 saturated heterocycles. The van der Waals surface area contributed by atoms with Crippen LogP contribution in [0.1, 0.15) is 43.1 Å². The molecule has 0 aliphatic heterocycles. The summed E-state index contributed by atoms with van der Waals surface area (Å²) >= 11 is 0. The number of nitrogens with zero attached hydrogens (tertiary/aromatic N) is 2. The first-order chi connectivity index (χ1) is 8.59. The molecule has 1 aliphatic rings. The van der Waals surface area contributed by atoms with E-state index in [1.54, 1.807) is 18.3 Å². The first-order valence-electron chi connectivity index (χ1n) is 6.58. The fourth-order valence-corrected chi connectivity index (χ4v) is 2.77. The van der Waals surface area contributed by atoms with Crippen LogP contribution in [0.5, 0.6) is 0 Å². The average molecular weight is 247 g/mol. The van der Waals surface area contributed by atoms with Crippen molar-refractivity contribution >= 4 is 11.6 Å². The number of carbonyl (C=O) groups excluding carboxylic acids is 1. The first kappa shape index (κ1) is 12.9. The summed E-state index contributed by atoms with van der Waals surface area (Å²) in [6, 6.07) is 3.67. The van der Waals surface area contributed by atoms with Gasteiger partial charge in [-0.15, -0.1) is 0 Å². The van der Waals surface area contributed by atoms with Gasteiger partial charge in [0.1, 0.15) is 5.69 Å². The Morgan fingerprint density at radius 1 is 1.44 bits per heavy atom. The highest BCUT2D eigenvalue weighted by Crippen LogP contribution is 2.28. The molecular formula is C14H21N3O. The van der Waals surface area contributed by atoms with Crippen LogP contribution in [-0.2, 0) is 0 Å². The third kappa shape index (κ3) is 2.63. The Hall–Kier alpha value is -1.58. The van der Waals surface area contributed by atoms with Gasteiger partial charge in [-0.2, -0.15) is 0 Å². The van der Waals surface area contributed by atoms with Crippen LogP contribution in [0.2, 0.25) is 0 Å². The molecule has 4 nitrogen and oxygen atoms in total. The molecule has 0 spiro atoms. The van der Waals surface area contributed by atoms with Gasteiger partial charge in [-0.3, -0.25) is 9.78 Å². The smallest absolute Gasteiger partial charge is 0.272 e. The molecule has 1 heterocycles. The molecule has 1 aliphatic carbocycles. The molecule has 2 unspecified atom stereocenters. The lowest BCUT2D eigenvalue weighted by Crippen LogP contribution is -2.42. The maximum Gasteiger partial charge on any atom is 0.272 e. The monoisotopic (exact) mass is 247 g/mol. The lowest BCUT2D eigenvalue weighted by Gasteiger charge is -2.36. The number of anilines is 1. The van der Waals surface area contributed by atoms with Crippen LogP contribution < -0.4 is 5.73 Å². The zero-order valence-corrected chi connectivity index (χ0v) is 11.1. The third-order valence-electron chi connectivity index (χ3n) is 3.89. The predicted octanol–water partition coefficient (Wildman–Crippen LogP) is 2.31. The van der Waals surface area contributed by atoms with Crippen LogP contribution >= 0.6 is 0 Å². The maximum atomic E-state index is 12.3. The minimum absolute atomic E-state index is 0.0268. The molecule has 4 heteroatoms. The molecule has 18 heavy (non-hydrogen) atoms. The van der Waals surface area contributed by atoms with Crippen molar-refractivity contribution < 1.29 is 4.79 Å². The largest absolute Gasteiger partial charge is 0.399 e. The van der Waals surface area contributed by atoms with Crippen molar-refractivity contribution in [2.24, 2.45) is 5.92 Å². The van der Waals surface area contributed by atoms with Gasteiger partial charge in [-0.25, -0.2) is 0 Å². The molecule has 2 atom stereocenters. The molecule has 0 aromatic carbocycles. The Labute approximate surface area is 108 Å². The molecular weight excluding hydrogens is 226 g/mol. The highest BCUT2D eigenvalue weighted by atomic mass is 16.2. The van der Waals surface area contributed by atoms with Gasteiger partial charge in [0.25, 0.3) is 5.91 Å². The number of nitrogens with two attached hydrogens (primary N) is 1. The summed E-state index contributed by atoms with van der Waals surface area (Å²) < 4.78 is 0. The van der Waals surface area contributed by atoms with Crippen LogP contribution in [0.4, 0.5) is 5.69 Å². The van der Waals surface area contributed by atoms with Crippen molar-refractivity contribution in [3.63, 3.8) is 0 Å².